The van der Waals surface area contributed by atoms with E-state index >= 15 is 0 Å². The maximum absolute atomic E-state index is 11.8. The molecule has 0 amide bonds. The van der Waals surface area contributed by atoms with E-state index in [0.29, 0.717) is 5.57 Å². The lowest BCUT2D eigenvalue weighted by atomic mass is 9.76. The van der Waals surface area contributed by atoms with Gasteiger partial charge < -0.3 is 9.47 Å². The van der Waals surface area contributed by atoms with Crippen molar-refractivity contribution in [1.29, 1.82) is 0 Å². The first-order chi connectivity index (χ1) is 8.91. The van der Waals surface area contributed by atoms with E-state index in [0.717, 1.165) is 6.42 Å². The zero-order valence-electron chi connectivity index (χ0n) is 10.9. The van der Waals surface area contributed by atoms with Crippen molar-refractivity contribution in [3.05, 3.63) is 12.2 Å². The van der Waals surface area contributed by atoms with Gasteiger partial charge in [0.25, 0.3) is 0 Å². The Bertz CT molecular complexity index is 494. The molecule has 5 heteroatoms. The molecule has 102 valence electrons. The normalized spacial score (nSPS) is 42.1. The summed E-state index contributed by atoms with van der Waals surface area (Å²) in [7, 11) is 0. The van der Waals surface area contributed by atoms with Crippen molar-refractivity contribution < 1.29 is 23.9 Å². The van der Waals surface area contributed by atoms with Crippen LogP contribution in [0.5, 0.6) is 0 Å². The second-order valence-corrected chi connectivity index (χ2v) is 5.78. The van der Waals surface area contributed by atoms with Crippen molar-refractivity contribution in [2.75, 3.05) is 0 Å². The molecule has 3 rings (SSSR count). The van der Waals surface area contributed by atoms with E-state index in [9.17, 15) is 14.4 Å². The van der Waals surface area contributed by atoms with Crippen LogP contribution in [0.3, 0.4) is 0 Å². The predicted octanol–water partition coefficient (Wildman–Crippen LogP) is 0.871. The number of Topliss-reactive ketones (excluding diaryl/α,β-unsaturated/α-hetero) is 1. The van der Waals surface area contributed by atoms with Gasteiger partial charge in [0.15, 0.2) is 0 Å². The molecule has 5 nitrogen and oxygen atoms in total. The van der Waals surface area contributed by atoms with Gasteiger partial charge in [0.1, 0.15) is 18.0 Å². The molecule has 1 saturated heterocycles. The Kier molecular flexibility index (Phi) is 2.56. The van der Waals surface area contributed by atoms with Crippen molar-refractivity contribution in [3.63, 3.8) is 0 Å². The SMILES string of the molecule is C=C(C)C(=O)OC1C2CC3C1OC(=O)C3C2C(C)=O. The lowest BCUT2D eigenvalue weighted by Crippen LogP contribution is -2.42. The Labute approximate surface area is 110 Å². The van der Waals surface area contributed by atoms with Crippen molar-refractivity contribution in [3.8, 4) is 0 Å². The van der Waals surface area contributed by atoms with E-state index < -0.39 is 12.1 Å². The molecule has 6 atom stereocenters. The number of hydrogen-bond acceptors (Lipinski definition) is 5. The zero-order chi connectivity index (χ0) is 13.9. The van der Waals surface area contributed by atoms with Crippen LogP contribution in [0.15, 0.2) is 12.2 Å². The Hall–Kier alpha value is -1.65. The van der Waals surface area contributed by atoms with E-state index in [2.05, 4.69) is 6.58 Å². The van der Waals surface area contributed by atoms with Gasteiger partial charge in [-0.05, 0) is 20.3 Å². The van der Waals surface area contributed by atoms with E-state index in [-0.39, 0.29) is 41.5 Å². The average molecular weight is 264 g/mol. The van der Waals surface area contributed by atoms with Gasteiger partial charge in [-0.25, -0.2) is 4.79 Å². The summed E-state index contributed by atoms with van der Waals surface area (Å²) < 4.78 is 10.7. The highest BCUT2D eigenvalue weighted by Crippen LogP contribution is 2.58. The molecule has 0 aromatic rings. The van der Waals surface area contributed by atoms with Crippen LogP contribution in [0, 0.1) is 23.7 Å². The van der Waals surface area contributed by atoms with Crippen LogP contribution >= 0.6 is 0 Å². The number of hydrogen-bond donors (Lipinski definition) is 0. The van der Waals surface area contributed by atoms with Crippen LogP contribution in [0.1, 0.15) is 20.3 Å². The number of ketones is 1. The van der Waals surface area contributed by atoms with Gasteiger partial charge in [0.05, 0.1) is 5.92 Å². The largest absolute Gasteiger partial charge is 0.458 e. The molecule has 0 radical (unpaired) electrons. The maximum Gasteiger partial charge on any atom is 0.333 e. The highest BCUT2D eigenvalue weighted by molar-refractivity contribution is 5.90. The highest BCUT2D eigenvalue weighted by atomic mass is 16.6. The molecule has 2 saturated carbocycles. The summed E-state index contributed by atoms with van der Waals surface area (Å²) in [5.41, 5.74) is 0.308. The van der Waals surface area contributed by atoms with E-state index in [1.165, 1.54) is 6.92 Å². The Morgan fingerprint density at radius 2 is 2.00 bits per heavy atom. The van der Waals surface area contributed by atoms with Gasteiger partial charge in [-0.15, -0.1) is 0 Å². The number of carbonyl (C=O) groups excluding carboxylic acids is 3. The Morgan fingerprint density at radius 1 is 1.32 bits per heavy atom. The second kappa shape index (κ2) is 3.92. The first-order valence-electron chi connectivity index (χ1n) is 6.49. The Morgan fingerprint density at radius 3 is 2.58 bits per heavy atom. The summed E-state index contributed by atoms with van der Waals surface area (Å²) in [5.74, 6) is -1.58. The lowest BCUT2D eigenvalue weighted by molar-refractivity contribution is -0.158. The van der Waals surface area contributed by atoms with Crippen molar-refractivity contribution >= 4 is 17.7 Å². The molecule has 2 bridgehead atoms. The van der Waals surface area contributed by atoms with Gasteiger partial charge >= 0.3 is 11.9 Å². The molecule has 2 aliphatic carbocycles. The molecule has 3 aliphatic rings. The van der Waals surface area contributed by atoms with Crippen LogP contribution in [-0.4, -0.2) is 29.9 Å². The predicted molar refractivity (Wildman–Crippen MR) is 63.8 cm³/mol. The number of rotatable bonds is 3. The molecule has 1 heterocycles. The smallest absolute Gasteiger partial charge is 0.333 e. The Balaban J connectivity index is 1.88. The van der Waals surface area contributed by atoms with E-state index in [1.54, 1.807) is 6.92 Å². The van der Waals surface area contributed by atoms with Crippen molar-refractivity contribution in [2.45, 2.75) is 32.5 Å². The molecular weight excluding hydrogens is 248 g/mol. The quantitative estimate of drug-likeness (QED) is 0.559. The molecule has 0 spiro atoms. The third-order valence-electron chi connectivity index (χ3n) is 4.61. The van der Waals surface area contributed by atoms with Gasteiger partial charge in [-0.2, -0.15) is 0 Å². The number of fused-ring (bicyclic) bond motifs is 1. The van der Waals surface area contributed by atoms with Gasteiger partial charge in [0.2, 0.25) is 0 Å². The molecule has 0 aromatic heterocycles. The summed E-state index contributed by atoms with van der Waals surface area (Å²) in [5, 5.41) is 0. The fourth-order valence-electron chi connectivity index (χ4n) is 3.93. The van der Waals surface area contributed by atoms with E-state index in [1.807, 2.05) is 0 Å². The van der Waals surface area contributed by atoms with Gasteiger partial charge in [-0.3, -0.25) is 9.59 Å². The monoisotopic (exact) mass is 264 g/mol. The maximum atomic E-state index is 11.8. The average Bonchev–Trinajstić information content (AvgIpc) is 2.91. The first kappa shape index (κ1) is 12.4. The molecular formula is C14H16O5. The minimum Gasteiger partial charge on any atom is -0.458 e. The third-order valence-corrected chi connectivity index (χ3v) is 4.61. The number of esters is 2. The fourth-order valence-corrected chi connectivity index (χ4v) is 3.93. The minimum atomic E-state index is -0.495. The molecule has 0 aromatic carbocycles. The minimum absolute atomic E-state index is 0.0221. The summed E-state index contributed by atoms with van der Waals surface area (Å²) in [6.07, 6.45) is -0.147. The van der Waals surface area contributed by atoms with Gasteiger partial charge in [0, 0.05) is 23.3 Å². The van der Waals surface area contributed by atoms with Gasteiger partial charge in [-0.1, -0.05) is 6.58 Å². The standard InChI is InChI=1S/C14H16O5/c1-5(2)13(16)18-11-7-4-8-10(9(7)6(3)15)14(17)19-12(8)11/h7-12H,1,4H2,2-3H3. The number of ether oxygens (including phenoxy) is 2. The van der Waals surface area contributed by atoms with Crippen LogP contribution in [0.25, 0.3) is 0 Å². The topological polar surface area (TPSA) is 69.7 Å². The fraction of sp³-hybridized carbons (Fsp3) is 0.643. The van der Waals surface area contributed by atoms with Crippen molar-refractivity contribution in [2.24, 2.45) is 23.7 Å². The van der Waals surface area contributed by atoms with Crippen LogP contribution in [-0.2, 0) is 23.9 Å². The zero-order valence-corrected chi connectivity index (χ0v) is 10.9. The summed E-state index contributed by atoms with van der Waals surface area (Å²) in [6.45, 7) is 6.60. The third kappa shape index (κ3) is 1.57. The summed E-state index contributed by atoms with van der Waals surface area (Å²) in [4.78, 5) is 35.3. The molecule has 6 unspecified atom stereocenters. The summed E-state index contributed by atoms with van der Waals surface area (Å²) in [6, 6.07) is 0. The van der Waals surface area contributed by atoms with Crippen molar-refractivity contribution in [1.82, 2.24) is 0 Å². The number of carbonyl (C=O) groups is 3. The second-order valence-electron chi connectivity index (χ2n) is 5.78. The van der Waals surface area contributed by atoms with E-state index in [4.69, 9.17) is 9.47 Å². The lowest BCUT2D eigenvalue weighted by Gasteiger charge is -2.30. The summed E-state index contributed by atoms with van der Waals surface area (Å²) >= 11 is 0. The molecule has 0 N–H and O–H groups in total. The first-order valence-corrected chi connectivity index (χ1v) is 6.49. The highest BCUT2D eigenvalue weighted by Gasteiger charge is 2.68. The van der Waals surface area contributed by atoms with Crippen LogP contribution in [0.2, 0.25) is 0 Å². The molecule has 1 aliphatic heterocycles. The van der Waals surface area contributed by atoms with Crippen LogP contribution in [0.4, 0.5) is 0 Å². The molecule has 19 heavy (non-hydrogen) atoms. The molecule has 3 fully saturated rings. The van der Waals surface area contributed by atoms with Crippen LogP contribution < -0.4 is 0 Å².